The quantitative estimate of drug-likeness (QED) is 0.855. The molecule has 1 aromatic heterocycles. The van der Waals surface area contributed by atoms with E-state index in [4.69, 9.17) is 9.15 Å². The fourth-order valence-electron chi connectivity index (χ4n) is 2.31. The van der Waals surface area contributed by atoms with Crippen LogP contribution < -0.4 is 5.32 Å². The van der Waals surface area contributed by atoms with E-state index in [1.54, 1.807) is 7.11 Å². The maximum absolute atomic E-state index is 5.69. The highest BCUT2D eigenvalue weighted by Crippen LogP contribution is 2.37. The molecule has 0 amide bonds. The summed E-state index contributed by atoms with van der Waals surface area (Å²) < 4.78 is 11.3. The SMILES string of the molecule is COC1(Cc2nnc(CCNC(C)(C)C)o2)CCC1. The highest BCUT2D eigenvalue weighted by atomic mass is 16.5. The average Bonchev–Trinajstić information content (AvgIpc) is 2.69. The van der Waals surface area contributed by atoms with Gasteiger partial charge in [0.15, 0.2) is 0 Å². The topological polar surface area (TPSA) is 60.2 Å². The minimum atomic E-state index is -0.0482. The molecular formula is C14H25N3O2. The third-order valence-electron chi connectivity index (χ3n) is 3.67. The first kappa shape index (κ1) is 14.5. The molecule has 0 bridgehead atoms. The molecule has 0 aromatic carbocycles. The fraction of sp³-hybridized carbons (Fsp3) is 0.857. The van der Waals surface area contributed by atoms with Crippen molar-refractivity contribution in [3.05, 3.63) is 11.8 Å². The smallest absolute Gasteiger partial charge is 0.219 e. The Balaban J connectivity index is 1.82. The number of methoxy groups -OCH3 is 1. The Morgan fingerprint density at radius 1 is 1.26 bits per heavy atom. The predicted molar refractivity (Wildman–Crippen MR) is 73.1 cm³/mol. The van der Waals surface area contributed by atoms with Crippen LogP contribution in [0.2, 0.25) is 0 Å². The predicted octanol–water partition coefficient (Wildman–Crippen LogP) is 2.11. The van der Waals surface area contributed by atoms with Gasteiger partial charge in [-0.1, -0.05) is 0 Å². The van der Waals surface area contributed by atoms with Gasteiger partial charge in [0.1, 0.15) is 0 Å². The van der Waals surface area contributed by atoms with Gasteiger partial charge >= 0.3 is 0 Å². The third-order valence-corrected chi connectivity index (χ3v) is 3.67. The zero-order valence-corrected chi connectivity index (χ0v) is 12.5. The van der Waals surface area contributed by atoms with Crippen LogP contribution in [0.3, 0.4) is 0 Å². The average molecular weight is 267 g/mol. The lowest BCUT2D eigenvalue weighted by atomic mass is 9.77. The number of nitrogens with zero attached hydrogens (tertiary/aromatic N) is 2. The number of rotatable bonds is 6. The fourth-order valence-corrected chi connectivity index (χ4v) is 2.31. The van der Waals surface area contributed by atoms with Crippen LogP contribution in [0.5, 0.6) is 0 Å². The molecule has 1 heterocycles. The van der Waals surface area contributed by atoms with E-state index in [2.05, 4.69) is 36.3 Å². The number of ether oxygens (including phenoxy) is 1. The zero-order chi connectivity index (χ0) is 13.9. The van der Waals surface area contributed by atoms with E-state index in [0.29, 0.717) is 11.8 Å². The Morgan fingerprint density at radius 3 is 2.47 bits per heavy atom. The van der Waals surface area contributed by atoms with Gasteiger partial charge in [-0.15, -0.1) is 10.2 Å². The van der Waals surface area contributed by atoms with Gasteiger partial charge in [-0.25, -0.2) is 0 Å². The van der Waals surface area contributed by atoms with Crippen molar-refractivity contribution in [2.24, 2.45) is 0 Å². The Labute approximate surface area is 115 Å². The van der Waals surface area contributed by atoms with E-state index in [-0.39, 0.29) is 11.1 Å². The maximum Gasteiger partial charge on any atom is 0.219 e. The van der Waals surface area contributed by atoms with Crippen LogP contribution in [0.4, 0.5) is 0 Å². The van der Waals surface area contributed by atoms with Crippen LogP contribution in [0.15, 0.2) is 4.42 Å². The lowest BCUT2D eigenvalue weighted by molar-refractivity contribution is -0.0746. The molecule has 1 aliphatic rings. The number of aromatic nitrogens is 2. The molecule has 0 saturated heterocycles. The summed E-state index contributed by atoms with van der Waals surface area (Å²) in [4.78, 5) is 0. The molecule has 0 radical (unpaired) electrons. The zero-order valence-electron chi connectivity index (χ0n) is 12.5. The highest BCUT2D eigenvalue weighted by molar-refractivity contribution is 4.98. The summed E-state index contributed by atoms with van der Waals surface area (Å²) in [6.45, 7) is 7.28. The molecular weight excluding hydrogens is 242 g/mol. The van der Waals surface area contributed by atoms with E-state index in [1.807, 2.05) is 0 Å². The molecule has 1 aliphatic carbocycles. The van der Waals surface area contributed by atoms with E-state index in [9.17, 15) is 0 Å². The molecule has 1 aromatic rings. The van der Waals surface area contributed by atoms with Crippen LogP contribution in [-0.4, -0.2) is 35.0 Å². The van der Waals surface area contributed by atoms with Gasteiger partial charge in [0.05, 0.1) is 12.0 Å². The molecule has 108 valence electrons. The monoisotopic (exact) mass is 267 g/mol. The van der Waals surface area contributed by atoms with Crippen LogP contribution >= 0.6 is 0 Å². The molecule has 0 aliphatic heterocycles. The van der Waals surface area contributed by atoms with Crippen molar-refractivity contribution in [1.82, 2.24) is 15.5 Å². The molecule has 1 fully saturated rings. The summed E-state index contributed by atoms with van der Waals surface area (Å²) in [5.74, 6) is 1.41. The standard InChI is InChI=1S/C14H25N3O2/c1-13(2,3)15-9-6-11-16-17-12(19-11)10-14(18-4)7-5-8-14/h15H,5-10H2,1-4H3. The normalized spacial score (nSPS) is 18.3. The van der Waals surface area contributed by atoms with E-state index >= 15 is 0 Å². The van der Waals surface area contributed by atoms with Gasteiger partial charge < -0.3 is 14.5 Å². The summed E-state index contributed by atoms with van der Waals surface area (Å²) in [6, 6.07) is 0. The second-order valence-corrected chi connectivity index (χ2v) is 6.43. The highest BCUT2D eigenvalue weighted by Gasteiger charge is 2.38. The first-order valence-electron chi connectivity index (χ1n) is 7.04. The van der Waals surface area contributed by atoms with Gasteiger partial charge in [-0.05, 0) is 40.0 Å². The molecule has 19 heavy (non-hydrogen) atoms. The second-order valence-electron chi connectivity index (χ2n) is 6.43. The molecule has 1 saturated carbocycles. The minimum absolute atomic E-state index is 0.0482. The number of hydrogen-bond acceptors (Lipinski definition) is 5. The third kappa shape index (κ3) is 4.01. The largest absolute Gasteiger partial charge is 0.425 e. The maximum atomic E-state index is 5.69. The summed E-state index contributed by atoms with van der Waals surface area (Å²) in [5.41, 5.74) is 0.0718. The second kappa shape index (κ2) is 5.59. The van der Waals surface area contributed by atoms with Gasteiger partial charge in [0.2, 0.25) is 11.8 Å². The van der Waals surface area contributed by atoms with Crippen LogP contribution in [0, 0.1) is 0 Å². The lowest BCUT2D eigenvalue weighted by Crippen LogP contribution is -2.41. The minimum Gasteiger partial charge on any atom is -0.425 e. The molecule has 0 spiro atoms. The summed E-state index contributed by atoms with van der Waals surface area (Å²) in [5, 5.41) is 11.6. The number of nitrogens with one attached hydrogen (secondary N) is 1. The summed E-state index contributed by atoms with van der Waals surface area (Å²) in [7, 11) is 1.77. The van der Waals surface area contributed by atoms with Crippen molar-refractivity contribution >= 4 is 0 Å². The Hall–Kier alpha value is -0.940. The van der Waals surface area contributed by atoms with Gasteiger partial charge in [0, 0.05) is 25.6 Å². The van der Waals surface area contributed by atoms with Gasteiger partial charge in [-0.2, -0.15) is 0 Å². The van der Waals surface area contributed by atoms with E-state index in [0.717, 1.165) is 32.2 Å². The van der Waals surface area contributed by atoms with Crippen molar-refractivity contribution in [3.63, 3.8) is 0 Å². The van der Waals surface area contributed by atoms with E-state index < -0.39 is 0 Å². The molecule has 0 atom stereocenters. The van der Waals surface area contributed by atoms with Gasteiger partial charge in [0.25, 0.3) is 0 Å². The van der Waals surface area contributed by atoms with Crippen LogP contribution in [0.25, 0.3) is 0 Å². The molecule has 1 N–H and O–H groups in total. The molecule has 5 heteroatoms. The molecule has 2 rings (SSSR count). The molecule has 5 nitrogen and oxygen atoms in total. The molecule has 0 unspecified atom stereocenters. The summed E-state index contributed by atoms with van der Waals surface area (Å²) >= 11 is 0. The van der Waals surface area contributed by atoms with Crippen molar-refractivity contribution in [3.8, 4) is 0 Å². The van der Waals surface area contributed by atoms with E-state index in [1.165, 1.54) is 6.42 Å². The number of hydrogen-bond donors (Lipinski definition) is 1. The van der Waals surface area contributed by atoms with Crippen molar-refractivity contribution in [1.29, 1.82) is 0 Å². The Morgan fingerprint density at radius 2 is 1.95 bits per heavy atom. The van der Waals surface area contributed by atoms with Crippen molar-refractivity contribution in [2.75, 3.05) is 13.7 Å². The first-order chi connectivity index (χ1) is 8.92. The van der Waals surface area contributed by atoms with Crippen molar-refractivity contribution in [2.45, 2.75) is 64.0 Å². The lowest BCUT2D eigenvalue weighted by Gasteiger charge is -2.39. The van der Waals surface area contributed by atoms with Crippen LogP contribution in [0.1, 0.15) is 51.8 Å². The van der Waals surface area contributed by atoms with Gasteiger partial charge in [-0.3, -0.25) is 0 Å². The Kier molecular flexibility index (Phi) is 4.26. The first-order valence-corrected chi connectivity index (χ1v) is 7.04. The van der Waals surface area contributed by atoms with Crippen LogP contribution in [-0.2, 0) is 17.6 Å². The summed E-state index contributed by atoms with van der Waals surface area (Å²) in [6.07, 6.45) is 4.91. The Bertz CT molecular complexity index is 400. The van der Waals surface area contributed by atoms with Crippen molar-refractivity contribution < 1.29 is 9.15 Å².